The van der Waals surface area contributed by atoms with Gasteiger partial charge in [-0.05, 0) is 37.0 Å². The summed E-state index contributed by atoms with van der Waals surface area (Å²) >= 11 is 0. The van der Waals surface area contributed by atoms with E-state index in [1.165, 1.54) is 12.1 Å². The molecule has 0 saturated carbocycles. The minimum atomic E-state index is -3.14. The molecule has 2 atom stereocenters. The maximum atomic E-state index is 14.7. The normalized spacial score (nSPS) is 25.4. The van der Waals surface area contributed by atoms with E-state index in [0.29, 0.717) is 12.8 Å². The molecule has 8 heteroatoms. The Labute approximate surface area is 178 Å². The molecule has 2 aliphatic heterocycles. The fraction of sp³-hybridized carbons (Fsp3) is 0.435. The molecule has 2 aliphatic rings. The summed E-state index contributed by atoms with van der Waals surface area (Å²) in [5.74, 6) is -1.19. The van der Waals surface area contributed by atoms with Crippen molar-refractivity contribution in [2.24, 2.45) is 0 Å². The van der Waals surface area contributed by atoms with Crippen molar-refractivity contribution in [2.75, 3.05) is 0 Å². The van der Waals surface area contributed by atoms with Crippen LogP contribution in [0.25, 0.3) is 0 Å². The van der Waals surface area contributed by atoms with Crippen LogP contribution in [0.2, 0.25) is 0 Å². The Balaban J connectivity index is 1.55. The smallest absolute Gasteiger partial charge is 0.410 e. The lowest BCUT2D eigenvalue weighted by atomic mass is 9.72. The Kier molecular flexibility index (Phi) is 6.09. The van der Waals surface area contributed by atoms with E-state index in [1.54, 1.807) is 4.90 Å². The van der Waals surface area contributed by atoms with Gasteiger partial charge in [0.15, 0.2) is 0 Å². The number of amides is 1. The molecule has 0 aromatic heterocycles. The highest BCUT2D eigenvalue weighted by molar-refractivity contribution is 5.69. The van der Waals surface area contributed by atoms with Crippen molar-refractivity contribution in [2.45, 2.75) is 63.0 Å². The quantitative estimate of drug-likeness (QED) is 0.721. The summed E-state index contributed by atoms with van der Waals surface area (Å²) < 4.78 is 50.4. The topological polar surface area (TPSA) is 59.0 Å². The van der Waals surface area contributed by atoms with Gasteiger partial charge in [-0.25, -0.2) is 9.18 Å². The lowest BCUT2D eigenvalue weighted by Gasteiger charge is -2.51. The first kappa shape index (κ1) is 21.5. The summed E-state index contributed by atoms with van der Waals surface area (Å²) in [4.78, 5) is 14.5. The number of nitrogens with zero attached hydrogens (tertiary/aromatic N) is 1. The van der Waals surface area contributed by atoms with Gasteiger partial charge in [0, 0.05) is 24.9 Å². The highest BCUT2D eigenvalue weighted by Crippen LogP contribution is 2.48. The van der Waals surface area contributed by atoms with Crippen LogP contribution < -0.4 is 4.74 Å². The number of benzene rings is 2. The van der Waals surface area contributed by atoms with Gasteiger partial charge in [0.2, 0.25) is 0 Å². The molecule has 2 fully saturated rings. The average Bonchev–Trinajstić information content (AvgIpc) is 2.71. The first-order chi connectivity index (χ1) is 14.9. The van der Waals surface area contributed by atoms with Crippen LogP contribution in [0, 0.1) is 5.82 Å². The molecular weight excluding hydrogens is 411 g/mol. The van der Waals surface area contributed by atoms with Gasteiger partial charge < -0.3 is 19.5 Å². The zero-order valence-electron chi connectivity index (χ0n) is 16.8. The van der Waals surface area contributed by atoms with Crippen LogP contribution in [0.5, 0.6) is 5.75 Å². The zero-order chi connectivity index (χ0) is 22.0. The number of carbonyl (C=O) groups is 1. The van der Waals surface area contributed by atoms with Gasteiger partial charge in [-0.1, -0.05) is 36.4 Å². The van der Waals surface area contributed by atoms with Crippen LogP contribution in [0.15, 0.2) is 48.5 Å². The molecular formula is C23H24F3NO4. The van der Waals surface area contributed by atoms with Crippen LogP contribution in [0.3, 0.4) is 0 Å². The number of fused-ring (bicyclic) bond motifs is 2. The van der Waals surface area contributed by atoms with Gasteiger partial charge in [-0.2, -0.15) is 8.78 Å². The van der Waals surface area contributed by atoms with E-state index in [4.69, 9.17) is 4.74 Å². The standard InChI is InChI=1S/C23H24F3NO4/c24-18-10-5-11-19(31-21(25)26)20(18)23(29)12-16-8-4-9-17(13-23)27(16)22(28)30-14-15-6-2-1-3-7-15/h1-3,5-7,10-11,16-17,21,29H,4,8-9,12-14H2. The maximum absolute atomic E-state index is 14.7. The fourth-order valence-electron chi connectivity index (χ4n) is 4.88. The number of ether oxygens (including phenoxy) is 2. The minimum Gasteiger partial charge on any atom is -0.445 e. The molecule has 0 spiro atoms. The SMILES string of the molecule is O=C(OCc1ccccc1)N1C2CCCC1CC(O)(c1c(F)cccc1OC(F)F)C2. The second-order valence-corrected chi connectivity index (χ2v) is 8.12. The predicted octanol–water partition coefficient (Wildman–Crippen LogP) is 4.97. The molecule has 5 nitrogen and oxygen atoms in total. The Bertz CT molecular complexity index is 910. The fourth-order valence-corrected chi connectivity index (χ4v) is 4.88. The lowest BCUT2D eigenvalue weighted by molar-refractivity contribution is -0.0965. The Morgan fingerprint density at radius 3 is 2.42 bits per heavy atom. The van der Waals surface area contributed by atoms with Crippen molar-refractivity contribution < 1.29 is 32.5 Å². The van der Waals surface area contributed by atoms with Gasteiger partial charge in [0.05, 0.1) is 5.56 Å². The van der Waals surface area contributed by atoms with Crippen LogP contribution in [0.4, 0.5) is 18.0 Å². The zero-order valence-corrected chi connectivity index (χ0v) is 16.8. The van der Waals surface area contributed by atoms with E-state index in [9.17, 15) is 23.1 Å². The summed E-state index contributed by atoms with van der Waals surface area (Å²) in [6.45, 7) is -3.02. The van der Waals surface area contributed by atoms with Crippen molar-refractivity contribution in [3.63, 3.8) is 0 Å². The number of hydrogen-bond acceptors (Lipinski definition) is 4. The third-order valence-electron chi connectivity index (χ3n) is 6.08. The molecule has 4 rings (SSSR count). The number of halogens is 3. The summed E-state index contributed by atoms with van der Waals surface area (Å²) in [7, 11) is 0. The number of hydrogen-bond donors (Lipinski definition) is 1. The molecule has 0 radical (unpaired) electrons. The van der Waals surface area contributed by atoms with Gasteiger partial charge in [0.1, 0.15) is 23.8 Å². The predicted molar refractivity (Wildman–Crippen MR) is 106 cm³/mol. The molecule has 2 heterocycles. The second-order valence-electron chi connectivity index (χ2n) is 8.12. The molecule has 2 aromatic rings. The van der Waals surface area contributed by atoms with Crippen LogP contribution in [0.1, 0.15) is 43.2 Å². The van der Waals surface area contributed by atoms with Crippen LogP contribution in [-0.4, -0.2) is 34.8 Å². The first-order valence-electron chi connectivity index (χ1n) is 10.3. The first-order valence-corrected chi connectivity index (χ1v) is 10.3. The van der Waals surface area contributed by atoms with E-state index in [1.807, 2.05) is 30.3 Å². The Morgan fingerprint density at radius 1 is 1.10 bits per heavy atom. The number of rotatable bonds is 5. The maximum Gasteiger partial charge on any atom is 0.410 e. The van der Waals surface area contributed by atoms with Gasteiger partial charge in [-0.3, -0.25) is 0 Å². The molecule has 2 unspecified atom stereocenters. The van der Waals surface area contributed by atoms with Crippen LogP contribution in [-0.2, 0) is 16.9 Å². The molecule has 166 valence electrons. The van der Waals surface area contributed by atoms with Crippen molar-refractivity contribution >= 4 is 6.09 Å². The van der Waals surface area contributed by atoms with Gasteiger partial charge >= 0.3 is 12.7 Å². The average molecular weight is 435 g/mol. The van der Waals surface area contributed by atoms with Crippen molar-refractivity contribution in [3.05, 3.63) is 65.5 Å². The van der Waals surface area contributed by atoms with E-state index >= 15 is 0 Å². The monoisotopic (exact) mass is 435 g/mol. The van der Waals surface area contributed by atoms with E-state index in [2.05, 4.69) is 4.74 Å². The molecule has 1 N–H and O–H groups in total. The number of alkyl halides is 2. The highest BCUT2D eigenvalue weighted by Gasteiger charge is 2.50. The third-order valence-corrected chi connectivity index (χ3v) is 6.08. The van der Waals surface area contributed by atoms with Crippen molar-refractivity contribution in [3.8, 4) is 5.75 Å². The molecule has 2 bridgehead atoms. The van der Waals surface area contributed by atoms with E-state index in [-0.39, 0.29) is 42.8 Å². The van der Waals surface area contributed by atoms with E-state index in [0.717, 1.165) is 18.1 Å². The Hall–Kier alpha value is -2.74. The van der Waals surface area contributed by atoms with Gasteiger partial charge in [0.25, 0.3) is 0 Å². The molecule has 2 aromatic carbocycles. The number of carbonyl (C=O) groups excluding carboxylic acids is 1. The second kappa shape index (κ2) is 8.78. The summed E-state index contributed by atoms with van der Waals surface area (Å²) in [6.07, 6.45) is 1.62. The number of aliphatic hydroxyl groups is 1. The van der Waals surface area contributed by atoms with Gasteiger partial charge in [-0.15, -0.1) is 0 Å². The Morgan fingerprint density at radius 2 is 1.77 bits per heavy atom. The molecule has 0 aliphatic carbocycles. The number of piperidine rings is 2. The van der Waals surface area contributed by atoms with Crippen molar-refractivity contribution in [1.82, 2.24) is 4.90 Å². The third kappa shape index (κ3) is 4.49. The summed E-state index contributed by atoms with van der Waals surface area (Å²) in [6, 6.07) is 12.1. The minimum absolute atomic E-state index is 0.0183. The molecule has 1 amide bonds. The molecule has 31 heavy (non-hydrogen) atoms. The van der Waals surface area contributed by atoms with Crippen LogP contribution >= 0.6 is 0 Å². The molecule has 2 saturated heterocycles. The highest BCUT2D eigenvalue weighted by atomic mass is 19.3. The largest absolute Gasteiger partial charge is 0.445 e. The summed E-state index contributed by atoms with van der Waals surface area (Å²) in [5, 5.41) is 11.4. The summed E-state index contributed by atoms with van der Waals surface area (Å²) in [5.41, 5.74) is -1.14. The van der Waals surface area contributed by atoms with E-state index < -0.39 is 24.1 Å². The van der Waals surface area contributed by atoms with Crippen molar-refractivity contribution in [1.29, 1.82) is 0 Å². The lowest BCUT2D eigenvalue weighted by Crippen LogP contribution is -2.59.